The van der Waals surface area contributed by atoms with Crippen molar-refractivity contribution < 1.29 is 8.42 Å². The van der Waals surface area contributed by atoms with Crippen LogP contribution in [0.2, 0.25) is 5.02 Å². The van der Waals surface area contributed by atoms with Crippen molar-refractivity contribution >= 4 is 37.9 Å². The Balaban J connectivity index is 1.80. The van der Waals surface area contributed by atoms with E-state index >= 15 is 0 Å². The summed E-state index contributed by atoms with van der Waals surface area (Å²) in [6.07, 6.45) is 0. The second kappa shape index (κ2) is 5.34. The number of sulfonamides is 1. The molecular formula is C11H10ClN5O2S2. The van der Waals surface area contributed by atoms with Gasteiger partial charge in [-0.05, 0) is 25.1 Å². The molecule has 10 heteroatoms. The SMILES string of the molecule is Cc1nnc2sc(CNS(=O)(=O)c3cccc(Cl)c3)nn12. The Morgan fingerprint density at radius 1 is 1.38 bits per heavy atom. The van der Waals surface area contributed by atoms with Gasteiger partial charge in [-0.25, -0.2) is 13.1 Å². The van der Waals surface area contributed by atoms with Gasteiger partial charge in [-0.3, -0.25) is 0 Å². The van der Waals surface area contributed by atoms with E-state index in [4.69, 9.17) is 11.6 Å². The zero-order valence-corrected chi connectivity index (χ0v) is 13.2. The molecule has 0 aliphatic rings. The number of hydrogen-bond acceptors (Lipinski definition) is 6. The first kappa shape index (κ1) is 14.4. The Kier molecular flexibility index (Phi) is 3.66. The highest BCUT2D eigenvalue weighted by Crippen LogP contribution is 2.17. The van der Waals surface area contributed by atoms with Gasteiger partial charge in [0.25, 0.3) is 0 Å². The third kappa shape index (κ3) is 2.91. The van der Waals surface area contributed by atoms with Gasteiger partial charge in [0.15, 0.2) is 5.82 Å². The highest BCUT2D eigenvalue weighted by atomic mass is 35.5. The third-order valence-electron chi connectivity index (χ3n) is 2.71. The first-order chi connectivity index (χ1) is 9.95. The third-order valence-corrected chi connectivity index (χ3v) is 5.24. The largest absolute Gasteiger partial charge is 0.241 e. The monoisotopic (exact) mass is 343 g/mol. The van der Waals surface area contributed by atoms with Crippen LogP contribution in [-0.2, 0) is 16.6 Å². The van der Waals surface area contributed by atoms with Crippen molar-refractivity contribution in [3.63, 3.8) is 0 Å². The molecule has 2 heterocycles. The molecule has 0 saturated carbocycles. The van der Waals surface area contributed by atoms with E-state index in [1.165, 1.54) is 23.5 Å². The van der Waals surface area contributed by atoms with E-state index in [0.29, 0.717) is 20.8 Å². The lowest BCUT2D eigenvalue weighted by Gasteiger charge is -2.05. The molecule has 0 spiro atoms. The lowest BCUT2D eigenvalue weighted by Crippen LogP contribution is -2.23. The van der Waals surface area contributed by atoms with Crippen molar-refractivity contribution in [2.45, 2.75) is 18.4 Å². The summed E-state index contributed by atoms with van der Waals surface area (Å²) in [4.78, 5) is 0.749. The summed E-state index contributed by atoms with van der Waals surface area (Å²) in [5, 5.41) is 13.0. The molecule has 7 nitrogen and oxygen atoms in total. The number of rotatable bonds is 4. The maximum Gasteiger partial charge on any atom is 0.241 e. The average Bonchev–Trinajstić information content (AvgIpc) is 2.99. The van der Waals surface area contributed by atoms with Gasteiger partial charge in [0, 0.05) is 5.02 Å². The topological polar surface area (TPSA) is 89.2 Å². The Morgan fingerprint density at radius 2 is 2.19 bits per heavy atom. The van der Waals surface area contributed by atoms with Crippen LogP contribution < -0.4 is 4.72 Å². The van der Waals surface area contributed by atoms with E-state index in [1.54, 1.807) is 23.6 Å². The van der Waals surface area contributed by atoms with Crippen LogP contribution in [0.4, 0.5) is 0 Å². The molecule has 0 bridgehead atoms. The lowest BCUT2D eigenvalue weighted by molar-refractivity contribution is 0.580. The smallest absolute Gasteiger partial charge is 0.207 e. The number of hydrogen-bond donors (Lipinski definition) is 1. The van der Waals surface area contributed by atoms with Crippen molar-refractivity contribution in [2.24, 2.45) is 0 Å². The molecule has 0 radical (unpaired) electrons. The molecular weight excluding hydrogens is 334 g/mol. The summed E-state index contributed by atoms with van der Waals surface area (Å²) < 4.78 is 28.4. The van der Waals surface area contributed by atoms with E-state index in [9.17, 15) is 8.42 Å². The maximum absolute atomic E-state index is 12.2. The van der Waals surface area contributed by atoms with E-state index in [0.717, 1.165) is 0 Å². The fourth-order valence-electron chi connectivity index (χ4n) is 1.70. The normalized spacial score (nSPS) is 12.1. The Bertz CT molecular complexity index is 902. The highest BCUT2D eigenvalue weighted by molar-refractivity contribution is 7.89. The van der Waals surface area contributed by atoms with E-state index in [-0.39, 0.29) is 11.4 Å². The summed E-state index contributed by atoms with van der Waals surface area (Å²) in [6, 6.07) is 6.08. The van der Waals surface area contributed by atoms with Crippen molar-refractivity contribution in [3.05, 3.63) is 40.1 Å². The molecule has 1 N–H and O–H groups in total. The van der Waals surface area contributed by atoms with Gasteiger partial charge in [0.2, 0.25) is 15.0 Å². The summed E-state index contributed by atoms with van der Waals surface area (Å²) in [5.74, 6) is 0.658. The van der Waals surface area contributed by atoms with Crippen LogP contribution in [0, 0.1) is 6.92 Å². The van der Waals surface area contributed by atoms with Gasteiger partial charge in [-0.2, -0.15) is 9.61 Å². The number of aryl methyl sites for hydroxylation is 1. The molecule has 3 rings (SSSR count). The van der Waals surface area contributed by atoms with Crippen LogP contribution in [0.25, 0.3) is 4.96 Å². The van der Waals surface area contributed by atoms with Gasteiger partial charge in [-0.15, -0.1) is 10.2 Å². The fourth-order valence-corrected chi connectivity index (χ4v) is 3.90. The van der Waals surface area contributed by atoms with Gasteiger partial charge in [0.05, 0.1) is 11.4 Å². The molecule has 21 heavy (non-hydrogen) atoms. The van der Waals surface area contributed by atoms with Crippen LogP contribution in [0.1, 0.15) is 10.8 Å². The molecule has 3 aromatic rings. The number of benzene rings is 1. The predicted octanol–water partition coefficient (Wildman–Crippen LogP) is 1.63. The van der Waals surface area contributed by atoms with Crippen molar-refractivity contribution in [2.75, 3.05) is 0 Å². The van der Waals surface area contributed by atoms with Crippen molar-refractivity contribution in [1.29, 1.82) is 0 Å². The Morgan fingerprint density at radius 3 is 2.90 bits per heavy atom. The summed E-state index contributed by atoms with van der Waals surface area (Å²) in [6.45, 7) is 1.86. The molecule has 0 amide bonds. The first-order valence-electron chi connectivity index (χ1n) is 5.89. The average molecular weight is 344 g/mol. The number of fused-ring (bicyclic) bond motifs is 1. The highest BCUT2D eigenvalue weighted by Gasteiger charge is 2.16. The van der Waals surface area contributed by atoms with E-state index in [2.05, 4.69) is 20.0 Å². The number of aromatic nitrogens is 4. The van der Waals surface area contributed by atoms with Gasteiger partial charge >= 0.3 is 0 Å². The van der Waals surface area contributed by atoms with Crippen molar-refractivity contribution in [1.82, 2.24) is 24.5 Å². The fraction of sp³-hybridized carbons (Fsp3) is 0.182. The van der Waals surface area contributed by atoms with Gasteiger partial charge < -0.3 is 0 Å². The predicted molar refractivity (Wildman–Crippen MR) is 78.9 cm³/mol. The van der Waals surface area contributed by atoms with Crippen LogP contribution in [0.15, 0.2) is 29.2 Å². The standard InChI is InChI=1S/C11H10ClN5O2S2/c1-7-14-15-11-17(7)16-10(20-11)6-13-21(18,19)9-4-2-3-8(12)5-9/h2-5,13H,6H2,1H3. The van der Waals surface area contributed by atoms with E-state index < -0.39 is 10.0 Å². The molecule has 0 fully saturated rings. The molecule has 110 valence electrons. The lowest BCUT2D eigenvalue weighted by atomic mass is 10.4. The summed E-state index contributed by atoms with van der Waals surface area (Å²) >= 11 is 7.09. The molecule has 0 atom stereocenters. The minimum atomic E-state index is -3.62. The zero-order chi connectivity index (χ0) is 15.0. The van der Waals surface area contributed by atoms with Gasteiger partial charge in [-0.1, -0.05) is 29.0 Å². The maximum atomic E-state index is 12.2. The molecule has 0 saturated heterocycles. The quantitative estimate of drug-likeness (QED) is 0.777. The minimum Gasteiger partial charge on any atom is -0.207 e. The molecule has 0 aliphatic heterocycles. The number of halogens is 1. The van der Waals surface area contributed by atoms with Crippen LogP contribution in [0.5, 0.6) is 0 Å². The van der Waals surface area contributed by atoms with Crippen LogP contribution in [0.3, 0.4) is 0 Å². The zero-order valence-electron chi connectivity index (χ0n) is 10.8. The molecule has 1 aromatic carbocycles. The second-order valence-electron chi connectivity index (χ2n) is 4.22. The summed E-state index contributed by atoms with van der Waals surface area (Å²) in [7, 11) is -3.62. The number of nitrogens with zero attached hydrogens (tertiary/aromatic N) is 4. The summed E-state index contributed by atoms with van der Waals surface area (Å²) in [5.41, 5.74) is 0. The molecule has 2 aromatic heterocycles. The Labute approximate surface area is 129 Å². The van der Waals surface area contributed by atoms with Crippen LogP contribution in [-0.4, -0.2) is 28.2 Å². The van der Waals surface area contributed by atoms with Crippen molar-refractivity contribution in [3.8, 4) is 0 Å². The number of nitrogens with one attached hydrogen (secondary N) is 1. The van der Waals surface area contributed by atoms with Crippen LogP contribution >= 0.6 is 22.9 Å². The van der Waals surface area contributed by atoms with E-state index in [1.807, 2.05) is 0 Å². The molecule has 0 aliphatic carbocycles. The van der Waals surface area contributed by atoms with Gasteiger partial charge in [0.1, 0.15) is 5.01 Å². The second-order valence-corrected chi connectivity index (χ2v) is 7.46. The minimum absolute atomic E-state index is 0.0856. The first-order valence-corrected chi connectivity index (χ1v) is 8.56. The molecule has 0 unspecified atom stereocenters. The Hall–Kier alpha value is -1.55.